The molecule has 0 aliphatic rings. The summed E-state index contributed by atoms with van der Waals surface area (Å²) in [7, 11) is 0.678. The van der Waals surface area contributed by atoms with E-state index >= 15 is 0 Å². The highest BCUT2D eigenvalue weighted by atomic mass is 35.5. The van der Waals surface area contributed by atoms with Gasteiger partial charge in [0.05, 0.1) is 0 Å². The second kappa shape index (κ2) is 26.4. The monoisotopic (exact) mass is 457 g/mol. The summed E-state index contributed by atoms with van der Waals surface area (Å²) in [5, 5.41) is 0. The van der Waals surface area contributed by atoms with E-state index in [1.54, 1.807) is 6.92 Å². The molecule has 0 radical (unpaired) electrons. The molecule has 0 spiro atoms. The van der Waals surface area contributed by atoms with Crippen LogP contribution in [-0.4, -0.2) is 41.5 Å². The Bertz CT molecular complexity index is 338. The third-order valence-corrected chi connectivity index (χ3v) is 6.00. The molecule has 0 fully saturated rings. The molecule has 4 nitrogen and oxygen atoms in total. The molecule has 0 rings (SSSR count). The quantitative estimate of drug-likeness (QED) is 0.153. The highest BCUT2D eigenvalue weighted by Gasteiger charge is 2.08. The molecule has 0 aromatic heterocycles. The number of rotatable bonds is 19. The molecular formula is C23H53ClNO3P. The van der Waals surface area contributed by atoms with Crippen molar-refractivity contribution in [2.75, 3.05) is 26.8 Å². The Morgan fingerprint density at radius 2 is 0.897 bits per heavy atom. The average molecular weight is 458 g/mol. The van der Waals surface area contributed by atoms with Crippen molar-refractivity contribution in [1.29, 1.82) is 0 Å². The Balaban J connectivity index is -0.000000721. The molecule has 0 unspecified atom stereocenters. The molecule has 6 heteroatoms. The van der Waals surface area contributed by atoms with E-state index in [-0.39, 0.29) is 18.6 Å². The predicted octanol–water partition coefficient (Wildman–Crippen LogP) is 7.81. The van der Waals surface area contributed by atoms with Crippen LogP contribution in [0.25, 0.3) is 0 Å². The number of hydrogen-bond acceptors (Lipinski definition) is 2. The SMILES string of the molecule is CCCCCCCCCCCCCCCCCCN(C)C.CCCP(=O)(O)O.Cl. The van der Waals surface area contributed by atoms with Gasteiger partial charge in [-0.25, -0.2) is 0 Å². The first-order valence-corrected chi connectivity index (χ1v) is 13.8. The summed E-state index contributed by atoms with van der Waals surface area (Å²) in [6.07, 6.45) is 23.9. The van der Waals surface area contributed by atoms with Gasteiger partial charge in [0.25, 0.3) is 0 Å². The fourth-order valence-corrected chi connectivity index (χ4v) is 3.85. The van der Waals surface area contributed by atoms with E-state index in [4.69, 9.17) is 9.79 Å². The molecule has 2 N–H and O–H groups in total. The zero-order valence-electron chi connectivity index (χ0n) is 20.0. The number of halogens is 1. The summed E-state index contributed by atoms with van der Waals surface area (Å²) in [6, 6.07) is 0. The zero-order valence-corrected chi connectivity index (χ0v) is 21.8. The van der Waals surface area contributed by atoms with Crippen LogP contribution in [0.5, 0.6) is 0 Å². The maximum absolute atomic E-state index is 9.93. The van der Waals surface area contributed by atoms with Crippen LogP contribution in [0.4, 0.5) is 0 Å². The summed E-state index contributed by atoms with van der Waals surface area (Å²) >= 11 is 0. The number of hydrogen-bond donors (Lipinski definition) is 2. The summed E-state index contributed by atoms with van der Waals surface area (Å²) in [6.45, 7) is 5.29. The Hall–Kier alpha value is 0.400. The Kier molecular flexibility index (Phi) is 31.0. The molecule has 0 bridgehead atoms. The van der Waals surface area contributed by atoms with Crippen LogP contribution in [0.15, 0.2) is 0 Å². The summed E-state index contributed by atoms with van der Waals surface area (Å²) in [5.74, 6) is 0. The molecule has 0 aromatic rings. The second-order valence-corrected chi connectivity index (χ2v) is 10.3. The van der Waals surface area contributed by atoms with Gasteiger partial charge in [0.15, 0.2) is 0 Å². The lowest BCUT2D eigenvalue weighted by Crippen LogP contribution is -2.12. The minimum Gasteiger partial charge on any atom is -0.324 e. The molecule has 0 amide bonds. The van der Waals surface area contributed by atoms with Gasteiger partial charge in [-0.2, -0.15) is 0 Å². The van der Waals surface area contributed by atoms with E-state index in [2.05, 4.69) is 25.9 Å². The van der Waals surface area contributed by atoms with Crippen molar-refractivity contribution in [2.45, 2.75) is 123 Å². The fourth-order valence-electron chi connectivity index (χ4n) is 3.27. The molecule has 0 saturated heterocycles. The highest BCUT2D eigenvalue weighted by Crippen LogP contribution is 2.34. The third-order valence-electron chi connectivity index (χ3n) is 4.97. The van der Waals surface area contributed by atoms with Gasteiger partial charge >= 0.3 is 7.60 Å². The molecule has 0 atom stereocenters. The van der Waals surface area contributed by atoms with Crippen LogP contribution < -0.4 is 0 Å². The molecule has 0 heterocycles. The zero-order chi connectivity index (χ0) is 21.5. The average Bonchev–Trinajstić information content (AvgIpc) is 2.60. The topological polar surface area (TPSA) is 60.8 Å². The lowest BCUT2D eigenvalue weighted by Gasteiger charge is -2.08. The Morgan fingerprint density at radius 3 is 1.10 bits per heavy atom. The lowest BCUT2D eigenvalue weighted by atomic mass is 10.0. The minimum atomic E-state index is -3.67. The molecule has 0 aliphatic carbocycles. The van der Waals surface area contributed by atoms with E-state index in [0.717, 1.165) is 0 Å². The van der Waals surface area contributed by atoms with E-state index in [1.165, 1.54) is 109 Å². The second-order valence-electron chi connectivity index (χ2n) is 8.49. The van der Waals surface area contributed by atoms with Gasteiger partial charge in [-0.05, 0) is 33.5 Å². The maximum atomic E-state index is 9.93. The van der Waals surface area contributed by atoms with Crippen molar-refractivity contribution in [3.05, 3.63) is 0 Å². The van der Waals surface area contributed by atoms with Crippen LogP contribution in [0.2, 0.25) is 0 Å². The predicted molar refractivity (Wildman–Crippen MR) is 133 cm³/mol. The Morgan fingerprint density at radius 1 is 0.586 bits per heavy atom. The molecule has 29 heavy (non-hydrogen) atoms. The Labute approximate surface area is 189 Å². The van der Waals surface area contributed by atoms with Crippen LogP contribution >= 0.6 is 20.0 Å². The standard InChI is InChI=1S/C20H43N.C3H9O3P.ClH/c1-4-5-6-7-8-9-10-11-12-13-14-15-16-17-18-19-20-21(2)3;1-2-3-7(4,5)6;/h4-20H2,1-3H3;2-3H2,1H3,(H2,4,5,6);1H. The summed E-state index contributed by atoms with van der Waals surface area (Å²) < 4.78 is 9.93. The van der Waals surface area contributed by atoms with Gasteiger partial charge in [-0.1, -0.05) is 110 Å². The number of unbranched alkanes of at least 4 members (excludes halogenated alkanes) is 15. The van der Waals surface area contributed by atoms with Gasteiger partial charge in [0.1, 0.15) is 0 Å². The smallest absolute Gasteiger partial charge is 0.324 e. The van der Waals surface area contributed by atoms with Crippen molar-refractivity contribution >= 4 is 20.0 Å². The normalized spacial score (nSPS) is 11.1. The van der Waals surface area contributed by atoms with E-state index in [0.29, 0.717) is 6.42 Å². The van der Waals surface area contributed by atoms with Gasteiger partial charge in [-0.15, -0.1) is 12.4 Å². The van der Waals surface area contributed by atoms with E-state index in [9.17, 15) is 4.57 Å². The molecule has 180 valence electrons. The first kappa shape index (κ1) is 34.0. The van der Waals surface area contributed by atoms with Crippen molar-refractivity contribution in [3.63, 3.8) is 0 Å². The van der Waals surface area contributed by atoms with Crippen molar-refractivity contribution in [1.82, 2.24) is 4.90 Å². The molecular weight excluding hydrogens is 405 g/mol. The van der Waals surface area contributed by atoms with Crippen molar-refractivity contribution in [2.24, 2.45) is 0 Å². The third kappa shape index (κ3) is 39.4. The van der Waals surface area contributed by atoms with E-state index < -0.39 is 7.60 Å². The highest BCUT2D eigenvalue weighted by molar-refractivity contribution is 7.51. The van der Waals surface area contributed by atoms with Gasteiger partial charge in [-0.3, -0.25) is 4.57 Å². The van der Waals surface area contributed by atoms with E-state index in [1.807, 2.05) is 0 Å². The largest absolute Gasteiger partial charge is 0.325 e. The summed E-state index contributed by atoms with van der Waals surface area (Å²) in [4.78, 5) is 18.6. The first-order valence-electron chi connectivity index (χ1n) is 12.0. The maximum Gasteiger partial charge on any atom is 0.325 e. The fraction of sp³-hybridized carbons (Fsp3) is 1.00. The lowest BCUT2D eigenvalue weighted by molar-refractivity contribution is 0.372. The van der Waals surface area contributed by atoms with Crippen molar-refractivity contribution in [3.8, 4) is 0 Å². The molecule has 0 aromatic carbocycles. The van der Waals surface area contributed by atoms with Crippen LogP contribution in [-0.2, 0) is 4.57 Å². The van der Waals surface area contributed by atoms with Gasteiger partial charge in [0.2, 0.25) is 0 Å². The molecule has 0 saturated carbocycles. The minimum absolute atomic E-state index is 0. The number of nitrogens with zero attached hydrogens (tertiary/aromatic N) is 1. The first-order chi connectivity index (χ1) is 13.3. The van der Waals surface area contributed by atoms with Gasteiger partial charge < -0.3 is 14.7 Å². The van der Waals surface area contributed by atoms with Crippen LogP contribution in [0, 0.1) is 0 Å². The van der Waals surface area contributed by atoms with Crippen molar-refractivity contribution < 1.29 is 14.4 Å². The van der Waals surface area contributed by atoms with Crippen LogP contribution in [0.1, 0.15) is 123 Å². The summed E-state index contributed by atoms with van der Waals surface area (Å²) in [5.41, 5.74) is 0. The molecule has 0 aliphatic heterocycles. The van der Waals surface area contributed by atoms with Crippen LogP contribution in [0.3, 0.4) is 0 Å². The van der Waals surface area contributed by atoms with Gasteiger partial charge in [0, 0.05) is 6.16 Å².